The number of hydrogen-bond acceptors (Lipinski definition) is 5. The van der Waals surface area contributed by atoms with Crippen LogP contribution in [0.5, 0.6) is 0 Å². The van der Waals surface area contributed by atoms with Crippen LogP contribution in [-0.4, -0.2) is 35.4 Å². The number of hydrogen-bond donors (Lipinski definition) is 1. The van der Waals surface area contributed by atoms with Crippen LogP contribution in [0.4, 0.5) is 5.82 Å². The fraction of sp³-hybridized carbons (Fsp3) is 0.208. The number of carbonyl (C=O) groups is 1. The molecule has 5 heteroatoms. The van der Waals surface area contributed by atoms with Crippen LogP contribution in [0.3, 0.4) is 0 Å². The Balaban J connectivity index is 0.00000171. The average molecular weight is 389 g/mol. The van der Waals surface area contributed by atoms with E-state index in [9.17, 15) is 4.79 Å². The molecule has 1 N–H and O–H groups in total. The van der Waals surface area contributed by atoms with Crippen LogP contribution >= 0.6 is 0 Å². The van der Waals surface area contributed by atoms with Gasteiger partial charge in [-0.1, -0.05) is 36.3 Å². The SMILES string of the molecule is C#Cc1ccc(N2CCNC(c3ccccc3)C2)nc1C(=O)c1cccnc1C.[HH].[HH].[HH]. The van der Waals surface area contributed by atoms with E-state index in [4.69, 9.17) is 11.4 Å². The second kappa shape index (κ2) is 8.26. The van der Waals surface area contributed by atoms with E-state index in [0.717, 1.165) is 25.5 Å². The molecular weight excluding hydrogens is 360 g/mol. The van der Waals surface area contributed by atoms with Crippen LogP contribution in [-0.2, 0) is 0 Å². The maximum atomic E-state index is 13.1. The van der Waals surface area contributed by atoms with Gasteiger partial charge in [-0.15, -0.1) is 6.42 Å². The number of anilines is 1. The molecule has 0 bridgehead atoms. The van der Waals surface area contributed by atoms with Crippen LogP contribution in [0.1, 0.15) is 43.2 Å². The fourth-order valence-electron chi connectivity index (χ4n) is 3.63. The highest BCUT2D eigenvalue weighted by molar-refractivity contribution is 6.10. The van der Waals surface area contributed by atoms with Gasteiger partial charge in [0.15, 0.2) is 0 Å². The maximum Gasteiger partial charge on any atom is 0.214 e. The standard InChI is InChI=1S/C24H22N4O.3H2/c1-3-18-11-12-22(27-23(18)24(29)20-10-7-13-25-17(20)2)28-15-14-26-21(16-28)19-8-5-4-6-9-19;;;/h1,4-13,21,26H,14-16H2,2H3;3*1H. The first kappa shape index (κ1) is 18.9. The lowest BCUT2D eigenvalue weighted by Gasteiger charge is -2.35. The van der Waals surface area contributed by atoms with E-state index in [-0.39, 0.29) is 16.1 Å². The Labute approximate surface area is 175 Å². The van der Waals surface area contributed by atoms with Crippen LogP contribution in [0.25, 0.3) is 0 Å². The van der Waals surface area contributed by atoms with Crippen molar-refractivity contribution in [1.29, 1.82) is 0 Å². The van der Waals surface area contributed by atoms with E-state index in [0.29, 0.717) is 22.5 Å². The van der Waals surface area contributed by atoms with Crippen molar-refractivity contribution in [2.45, 2.75) is 13.0 Å². The highest BCUT2D eigenvalue weighted by atomic mass is 16.1. The molecule has 0 amide bonds. The van der Waals surface area contributed by atoms with Gasteiger partial charge in [-0.25, -0.2) is 4.98 Å². The molecule has 4 rings (SSSR count). The topological polar surface area (TPSA) is 58.1 Å². The lowest BCUT2D eigenvalue weighted by atomic mass is 10.0. The molecule has 3 heterocycles. The molecule has 1 aliphatic rings. The molecular formula is C24H28N4O. The third-order valence-corrected chi connectivity index (χ3v) is 5.20. The van der Waals surface area contributed by atoms with Crippen LogP contribution in [0.15, 0.2) is 60.8 Å². The van der Waals surface area contributed by atoms with Crippen molar-refractivity contribution in [3.8, 4) is 12.3 Å². The minimum atomic E-state index is -0.194. The van der Waals surface area contributed by atoms with Crippen molar-refractivity contribution in [2.24, 2.45) is 0 Å². The zero-order valence-corrected chi connectivity index (χ0v) is 16.3. The molecule has 3 aromatic rings. The molecule has 29 heavy (non-hydrogen) atoms. The summed E-state index contributed by atoms with van der Waals surface area (Å²) in [6.07, 6.45) is 7.32. The van der Waals surface area contributed by atoms with E-state index in [1.54, 1.807) is 24.4 Å². The summed E-state index contributed by atoms with van der Waals surface area (Å²) in [6, 6.07) is 17.8. The Kier molecular flexibility index (Phi) is 5.37. The lowest BCUT2D eigenvalue weighted by molar-refractivity contribution is 0.103. The molecule has 5 nitrogen and oxygen atoms in total. The van der Waals surface area contributed by atoms with E-state index < -0.39 is 0 Å². The van der Waals surface area contributed by atoms with E-state index in [1.165, 1.54) is 5.56 Å². The summed E-state index contributed by atoms with van der Waals surface area (Å²) in [5.41, 5.74) is 3.22. The van der Waals surface area contributed by atoms with Gasteiger partial charge in [0.25, 0.3) is 0 Å². The van der Waals surface area contributed by atoms with Gasteiger partial charge in [0, 0.05) is 47.4 Å². The zero-order valence-electron chi connectivity index (χ0n) is 16.3. The molecule has 150 valence electrons. The third kappa shape index (κ3) is 3.89. The number of terminal acetylenes is 1. The first-order valence-corrected chi connectivity index (χ1v) is 9.64. The van der Waals surface area contributed by atoms with E-state index in [1.807, 2.05) is 31.2 Å². The highest BCUT2D eigenvalue weighted by Crippen LogP contribution is 2.23. The molecule has 1 aromatic carbocycles. The number of benzene rings is 1. The summed E-state index contributed by atoms with van der Waals surface area (Å²) >= 11 is 0. The van der Waals surface area contributed by atoms with Crippen LogP contribution in [0, 0.1) is 19.3 Å². The molecule has 1 atom stereocenters. The number of aryl methyl sites for hydroxylation is 1. The monoisotopic (exact) mass is 388 g/mol. The predicted octanol–water partition coefficient (Wildman–Crippen LogP) is 3.89. The zero-order chi connectivity index (χ0) is 20.2. The summed E-state index contributed by atoms with van der Waals surface area (Å²) in [4.78, 5) is 24.2. The molecule has 1 unspecified atom stereocenters. The summed E-state index contributed by atoms with van der Waals surface area (Å²) in [7, 11) is 0. The van der Waals surface area contributed by atoms with E-state index in [2.05, 4.69) is 33.3 Å². The largest absolute Gasteiger partial charge is 0.353 e. The number of piperazine rings is 1. The number of pyridine rings is 2. The van der Waals surface area contributed by atoms with Gasteiger partial charge < -0.3 is 10.2 Å². The minimum absolute atomic E-state index is 0. The smallest absolute Gasteiger partial charge is 0.214 e. The Bertz CT molecular complexity index is 1090. The number of ketones is 1. The third-order valence-electron chi connectivity index (χ3n) is 5.20. The Morgan fingerprint density at radius 1 is 1.21 bits per heavy atom. The number of carbonyl (C=O) groups excluding carboxylic acids is 1. The lowest BCUT2D eigenvalue weighted by Crippen LogP contribution is -2.46. The van der Waals surface area contributed by atoms with Gasteiger partial charge in [-0.05, 0) is 36.8 Å². The molecule has 1 aliphatic heterocycles. The van der Waals surface area contributed by atoms with Gasteiger partial charge in [0.05, 0.1) is 5.56 Å². The Hall–Kier alpha value is -3.49. The first-order valence-electron chi connectivity index (χ1n) is 9.64. The first-order chi connectivity index (χ1) is 14.2. The number of nitrogens with one attached hydrogen (secondary N) is 1. The van der Waals surface area contributed by atoms with Gasteiger partial charge in [0.1, 0.15) is 11.5 Å². The summed E-state index contributed by atoms with van der Waals surface area (Å²) in [5, 5.41) is 3.55. The van der Waals surface area contributed by atoms with Crippen molar-refractivity contribution in [1.82, 2.24) is 15.3 Å². The Morgan fingerprint density at radius 3 is 2.79 bits per heavy atom. The molecule has 1 fully saturated rings. The molecule has 2 aromatic heterocycles. The van der Waals surface area contributed by atoms with Gasteiger partial charge in [-0.3, -0.25) is 9.78 Å². The molecule has 0 aliphatic carbocycles. The van der Waals surface area contributed by atoms with Crippen LogP contribution in [0.2, 0.25) is 0 Å². The fourth-order valence-corrected chi connectivity index (χ4v) is 3.63. The summed E-state index contributed by atoms with van der Waals surface area (Å²) in [6.45, 7) is 4.23. The van der Waals surface area contributed by atoms with Crippen molar-refractivity contribution in [2.75, 3.05) is 24.5 Å². The van der Waals surface area contributed by atoms with Gasteiger partial charge >= 0.3 is 0 Å². The molecule has 0 saturated carbocycles. The quantitative estimate of drug-likeness (QED) is 0.543. The number of aromatic nitrogens is 2. The highest BCUT2D eigenvalue weighted by Gasteiger charge is 2.24. The second-order valence-electron chi connectivity index (χ2n) is 7.04. The average Bonchev–Trinajstić information content (AvgIpc) is 2.79. The summed E-state index contributed by atoms with van der Waals surface area (Å²) in [5.74, 6) is 3.16. The number of rotatable bonds is 4. The van der Waals surface area contributed by atoms with E-state index >= 15 is 0 Å². The van der Waals surface area contributed by atoms with Crippen molar-refractivity contribution in [3.05, 3.63) is 88.9 Å². The van der Waals surface area contributed by atoms with Crippen molar-refractivity contribution >= 4 is 11.6 Å². The minimum Gasteiger partial charge on any atom is -0.353 e. The molecule has 1 saturated heterocycles. The molecule has 0 radical (unpaired) electrons. The van der Waals surface area contributed by atoms with Gasteiger partial charge in [0.2, 0.25) is 5.78 Å². The Morgan fingerprint density at radius 2 is 2.03 bits per heavy atom. The second-order valence-corrected chi connectivity index (χ2v) is 7.04. The summed E-state index contributed by atoms with van der Waals surface area (Å²) < 4.78 is 0. The normalized spacial score (nSPS) is 16.3. The van der Waals surface area contributed by atoms with Crippen LogP contribution < -0.4 is 10.2 Å². The van der Waals surface area contributed by atoms with Crippen molar-refractivity contribution < 1.29 is 9.07 Å². The van der Waals surface area contributed by atoms with Crippen molar-refractivity contribution in [3.63, 3.8) is 0 Å². The van der Waals surface area contributed by atoms with Gasteiger partial charge in [-0.2, -0.15) is 0 Å². The maximum absolute atomic E-state index is 13.1. The predicted molar refractivity (Wildman–Crippen MR) is 120 cm³/mol. The number of nitrogens with zero attached hydrogens (tertiary/aromatic N) is 3. The molecule has 0 spiro atoms.